The SMILES string of the molecule is Cc1cc(F)c(-n2ccnc2NC2CC2)cc1F. The molecule has 0 saturated heterocycles. The molecule has 0 atom stereocenters. The van der Waals surface area contributed by atoms with E-state index in [1.54, 1.807) is 19.3 Å². The highest BCUT2D eigenvalue weighted by molar-refractivity contribution is 5.45. The van der Waals surface area contributed by atoms with Gasteiger partial charge in [-0.05, 0) is 31.4 Å². The van der Waals surface area contributed by atoms with Gasteiger partial charge in [-0.1, -0.05) is 0 Å². The van der Waals surface area contributed by atoms with Crippen LogP contribution < -0.4 is 5.32 Å². The number of nitrogens with one attached hydrogen (secondary N) is 1. The molecular formula is C13H13F2N3. The van der Waals surface area contributed by atoms with Crippen LogP contribution in [-0.4, -0.2) is 15.6 Å². The molecule has 1 N–H and O–H groups in total. The Balaban J connectivity index is 2.03. The lowest BCUT2D eigenvalue weighted by Crippen LogP contribution is -2.09. The zero-order chi connectivity index (χ0) is 12.7. The van der Waals surface area contributed by atoms with Gasteiger partial charge in [-0.2, -0.15) is 0 Å². The van der Waals surface area contributed by atoms with Gasteiger partial charge in [-0.25, -0.2) is 13.8 Å². The monoisotopic (exact) mass is 249 g/mol. The van der Waals surface area contributed by atoms with E-state index in [1.165, 1.54) is 16.7 Å². The first-order valence-electron chi connectivity index (χ1n) is 5.91. The largest absolute Gasteiger partial charge is 0.353 e. The second-order valence-corrected chi connectivity index (χ2v) is 4.59. The van der Waals surface area contributed by atoms with Crippen LogP contribution in [0.3, 0.4) is 0 Å². The summed E-state index contributed by atoms with van der Waals surface area (Å²) in [5, 5.41) is 3.19. The third-order valence-electron chi connectivity index (χ3n) is 3.04. The van der Waals surface area contributed by atoms with Gasteiger partial charge in [0.1, 0.15) is 11.6 Å². The lowest BCUT2D eigenvalue weighted by Gasteiger charge is -2.11. The highest BCUT2D eigenvalue weighted by Gasteiger charge is 2.23. The Morgan fingerprint density at radius 2 is 2.06 bits per heavy atom. The van der Waals surface area contributed by atoms with E-state index in [4.69, 9.17) is 0 Å². The van der Waals surface area contributed by atoms with Crippen molar-refractivity contribution in [1.29, 1.82) is 0 Å². The summed E-state index contributed by atoms with van der Waals surface area (Å²) >= 11 is 0. The van der Waals surface area contributed by atoms with Gasteiger partial charge >= 0.3 is 0 Å². The first-order chi connectivity index (χ1) is 8.65. The average molecular weight is 249 g/mol. The lowest BCUT2D eigenvalue weighted by molar-refractivity contribution is 0.585. The van der Waals surface area contributed by atoms with E-state index in [-0.39, 0.29) is 5.69 Å². The molecule has 5 heteroatoms. The third-order valence-corrected chi connectivity index (χ3v) is 3.04. The van der Waals surface area contributed by atoms with Crippen molar-refractivity contribution in [1.82, 2.24) is 9.55 Å². The number of imidazole rings is 1. The van der Waals surface area contributed by atoms with E-state index in [2.05, 4.69) is 10.3 Å². The van der Waals surface area contributed by atoms with E-state index in [1.807, 2.05) is 0 Å². The normalized spacial score (nSPS) is 14.8. The first kappa shape index (κ1) is 11.2. The number of benzene rings is 1. The van der Waals surface area contributed by atoms with Crippen LogP contribution in [0.1, 0.15) is 18.4 Å². The molecule has 2 aromatic rings. The summed E-state index contributed by atoms with van der Waals surface area (Å²) in [6.07, 6.45) is 5.38. The van der Waals surface area contributed by atoms with Crippen molar-refractivity contribution in [3.8, 4) is 5.69 Å². The molecule has 0 radical (unpaired) electrons. The van der Waals surface area contributed by atoms with Gasteiger partial charge in [0.25, 0.3) is 0 Å². The number of rotatable bonds is 3. The van der Waals surface area contributed by atoms with Crippen LogP contribution in [0.2, 0.25) is 0 Å². The maximum Gasteiger partial charge on any atom is 0.207 e. The Morgan fingerprint density at radius 3 is 2.78 bits per heavy atom. The number of anilines is 1. The molecule has 0 bridgehead atoms. The number of hydrogen-bond acceptors (Lipinski definition) is 2. The number of hydrogen-bond donors (Lipinski definition) is 1. The van der Waals surface area contributed by atoms with Crippen molar-refractivity contribution in [2.24, 2.45) is 0 Å². The molecule has 1 aliphatic carbocycles. The summed E-state index contributed by atoms with van der Waals surface area (Å²) < 4.78 is 29.0. The quantitative estimate of drug-likeness (QED) is 0.906. The summed E-state index contributed by atoms with van der Waals surface area (Å²) in [7, 11) is 0. The van der Waals surface area contributed by atoms with Crippen molar-refractivity contribution >= 4 is 5.95 Å². The zero-order valence-electron chi connectivity index (χ0n) is 9.95. The molecule has 1 aliphatic rings. The predicted molar refractivity (Wildman–Crippen MR) is 64.9 cm³/mol. The number of aryl methyl sites for hydroxylation is 1. The van der Waals surface area contributed by atoms with Crippen LogP contribution in [-0.2, 0) is 0 Å². The van der Waals surface area contributed by atoms with Crippen molar-refractivity contribution in [3.63, 3.8) is 0 Å². The lowest BCUT2D eigenvalue weighted by atomic mass is 10.2. The summed E-state index contributed by atoms with van der Waals surface area (Å²) in [5.41, 5.74) is 0.479. The van der Waals surface area contributed by atoms with Gasteiger partial charge < -0.3 is 5.32 Å². The minimum absolute atomic E-state index is 0.179. The van der Waals surface area contributed by atoms with E-state index >= 15 is 0 Å². The number of halogens is 2. The summed E-state index contributed by atoms with van der Waals surface area (Å²) in [6.45, 7) is 1.54. The molecule has 3 nitrogen and oxygen atoms in total. The smallest absolute Gasteiger partial charge is 0.207 e. The van der Waals surface area contributed by atoms with Gasteiger partial charge in [0.15, 0.2) is 0 Å². The van der Waals surface area contributed by atoms with Crippen LogP contribution in [0, 0.1) is 18.6 Å². The molecule has 1 heterocycles. The fourth-order valence-electron chi connectivity index (χ4n) is 1.84. The Hall–Kier alpha value is -1.91. The molecule has 94 valence electrons. The summed E-state index contributed by atoms with van der Waals surface area (Å²) in [4.78, 5) is 4.13. The molecule has 1 saturated carbocycles. The van der Waals surface area contributed by atoms with Crippen molar-refractivity contribution < 1.29 is 8.78 Å². The van der Waals surface area contributed by atoms with E-state index in [0.717, 1.165) is 12.8 Å². The second-order valence-electron chi connectivity index (χ2n) is 4.59. The Morgan fingerprint density at radius 1 is 1.28 bits per heavy atom. The molecule has 1 aromatic carbocycles. The Kier molecular flexibility index (Phi) is 2.54. The van der Waals surface area contributed by atoms with Crippen LogP contribution in [0.4, 0.5) is 14.7 Å². The maximum atomic E-state index is 13.9. The molecule has 18 heavy (non-hydrogen) atoms. The topological polar surface area (TPSA) is 29.9 Å². The molecular weight excluding hydrogens is 236 g/mol. The predicted octanol–water partition coefficient (Wildman–Crippen LogP) is 3.03. The number of nitrogens with zero attached hydrogens (tertiary/aromatic N) is 2. The van der Waals surface area contributed by atoms with Crippen LogP contribution in [0.5, 0.6) is 0 Å². The van der Waals surface area contributed by atoms with Crippen molar-refractivity contribution in [2.75, 3.05) is 5.32 Å². The fourth-order valence-corrected chi connectivity index (χ4v) is 1.84. The zero-order valence-corrected chi connectivity index (χ0v) is 9.95. The summed E-state index contributed by atoms with van der Waals surface area (Å²) in [5.74, 6) is -0.317. The fraction of sp³-hybridized carbons (Fsp3) is 0.308. The van der Waals surface area contributed by atoms with Gasteiger partial charge in [0, 0.05) is 24.5 Å². The molecule has 3 rings (SSSR count). The van der Waals surface area contributed by atoms with Crippen LogP contribution >= 0.6 is 0 Å². The van der Waals surface area contributed by atoms with Gasteiger partial charge in [-0.15, -0.1) is 0 Å². The minimum Gasteiger partial charge on any atom is -0.353 e. The third kappa shape index (κ3) is 1.96. The van der Waals surface area contributed by atoms with Gasteiger partial charge in [0.2, 0.25) is 5.95 Å². The van der Waals surface area contributed by atoms with Gasteiger partial charge in [0.05, 0.1) is 5.69 Å². The van der Waals surface area contributed by atoms with E-state index in [0.29, 0.717) is 17.6 Å². The van der Waals surface area contributed by atoms with Crippen molar-refractivity contribution in [3.05, 3.63) is 41.7 Å². The second kappa shape index (κ2) is 4.08. The Bertz CT molecular complexity index is 588. The minimum atomic E-state index is -0.453. The molecule has 0 aliphatic heterocycles. The number of aromatic nitrogens is 2. The van der Waals surface area contributed by atoms with Crippen LogP contribution in [0.15, 0.2) is 24.5 Å². The molecule has 1 aromatic heterocycles. The average Bonchev–Trinajstić information content (AvgIpc) is 3.02. The molecule has 0 amide bonds. The van der Waals surface area contributed by atoms with Crippen LogP contribution in [0.25, 0.3) is 5.69 Å². The van der Waals surface area contributed by atoms with Gasteiger partial charge in [-0.3, -0.25) is 4.57 Å². The Labute approximate surface area is 103 Å². The van der Waals surface area contributed by atoms with E-state index < -0.39 is 11.6 Å². The molecule has 1 fully saturated rings. The van der Waals surface area contributed by atoms with E-state index in [9.17, 15) is 8.78 Å². The summed E-state index contributed by atoms with van der Waals surface area (Å²) in [6, 6.07) is 2.81. The highest BCUT2D eigenvalue weighted by atomic mass is 19.1. The standard InChI is InChI=1S/C13H13F2N3/c1-8-6-11(15)12(7-10(8)14)18-5-4-16-13(18)17-9-2-3-9/h4-7,9H,2-3H2,1H3,(H,16,17). The first-order valence-corrected chi connectivity index (χ1v) is 5.91. The van der Waals surface area contributed by atoms with Crippen molar-refractivity contribution in [2.45, 2.75) is 25.8 Å². The highest BCUT2D eigenvalue weighted by Crippen LogP contribution is 2.26. The maximum absolute atomic E-state index is 13.9. The molecule has 0 spiro atoms. The molecule has 0 unspecified atom stereocenters.